The van der Waals surface area contributed by atoms with Gasteiger partial charge in [0, 0.05) is 28.4 Å². The van der Waals surface area contributed by atoms with E-state index in [1.54, 1.807) is 22.2 Å². The number of aromatic nitrogens is 3. The summed E-state index contributed by atoms with van der Waals surface area (Å²) in [6.45, 7) is 0. The average Bonchev–Trinajstić information content (AvgIpc) is 3.00. The predicted octanol–water partition coefficient (Wildman–Crippen LogP) is 3.65. The van der Waals surface area contributed by atoms with Crippen LogP contribution < -0.4 is 0 Å². The largest absolute Gasteiger partial charge is 0.227 e. The van der Waals surface area contributed by atoms with Gasteiger partial charge in [-0.05, 0) is 17.7 Å². The van der Waals surface area contributed by atoms with Crippen LogP contribution in [0.2, 0.25) is 5.02 Å². The molecule has 2 heterocycles. The van der Waals surface area contributed by atoms with Gasteiger partial charge in [0.05, 0.1) is 6.20 Å². The van der Waals surface area contributed by atoms with Crippen LogP contribution in [0.15, 0.2) is 48.2 Å². The minimum atomic E-state index is 0.726. The van der Waals surface area contributed by atoms with Gasteiger partial charge in [-0.1, -0.05) is 23.7 Å². The van der Waals surface area contributed by atoms with Gasteiger partial charge in [-0.25, -0.2) is 9.67 Å². The average molecular weight is 262 g/mol. The molecule has 0 bridgehead atoms. The molecule has 0 amide bonds. The number of halogens is 1. The second-order valence-corrected chi connectivity index (χ2v) is 4.81. The lowest BCUT2D eigenvalue weighted by Crippen LogP contribution is -1.91. The summed E-state index contributed by atoms with van der Waals surface area (Å²) < 4.78 is 1.76. The van der Waals surface area contributed by atoms with E-state index in [2.05, 4.69) is 10.1 Å². The molecule has 2 aromatic heterocycles. The van der Waals surface area contributed by atoms with Crippen molar-refractivity contribution in [2.24, 2.45) is 0 Å². The minimum Gasteiger partial charge on any atom is -0.227 e. The maximum Gasteiger partial charge on any atom is 0.210 e. The van der Waals surface area contributed by atoms with Gasteiger partial charge in [0.2, 0.25) is 5.13 Å². The molecule has 3 rings (SSSR count). The fraction of sp³-hybridized carbons (Fsp3) is 0. The lowest BCUT2D eigenvalue weighted by Gasteiger charge is -1.97. The Hall–Kier alpha value is -1.65. The predicted molar refractivity (Wildman–Crippen MR) is 69.7 cm³/mol. The van der Waals surface area contributed by atoms with Gasteiger partial charge in [0.1, 0.15) is 0 Å². The number of thiazole rings is 1. The molecule has 3 nitrogen and oxygen atoms in total. The van der Waals surface area contributed by atoms with Crippen LogP contribution in [0.1, 0.15) is 0 Å². The molecule has 0 radical (unpaired) electrons. The maximum atomic E-state index is 5.96. The third kappa shape index (κ3) is 2.09. The summed E-state index contributed by atoms with van der Waals surface area (Å²) in [7, 11) is 0. The summed E-state index contributed by atoms with van der Waals surface area (Å²) in [6, 6.07) is 7.72. The first-order valence-corrected chi connectivity index (χ1v) is 6.29. The van der Waals surface area contributed by atoms with Crippen LogP contribution in [0, 0.1) is 0 Å². The zero-order valence-corrected chi connectivity index (χ0v) is 10.3. The van der Waals surface area contributed by atoms with E-state index in [0.717, 1.165) is 21.3 Å². The van der Waals surface area contributed by atoms with Gasteiger partial charge in [-0.15, -0.1) is 11.3 Å². The molecule has 0 aliphatic carbocycles. The molecule has 0 spiro atoms. The van der Waals surface area contributed by atoms with Crippen molar-refractivity contribution in [1.29, 1.82) is 0 Å². The lowest BCUT2D eigenvalue weighted by molar-refractivity contribution is 0.870. The SMILES string of the molecule is Clc1cccc(-c2cnn(-c3nccs3)c2)c1. The monoisotopic (exact) mass is 261 g/mol. The molecular formula is C12H8ClN3S. The Morgan fingerprint density at radius 2 is 2.18 bits per heavy atom. The molecule has 0 fully saturated rings. The summed E-state index contributed by atoms with van der Waals surface area (Å²) in [5, 5.41) is 7.80. The highest BCUT2D eigenvalue weighted by Crippen LogP contribution is 2.23. The molecule has 0 aliphatic rings. The molecule has 84 valence electrons. The van der Waals surface area contributed by atoms with Crippen LogP contribution >= 0.6 is 22.9 Å². The summed E-state index contributed by atoms with van der Waals surface area (Å²) in [4.78, 5) is 4.20. The van der Waals surface area contributed by atoms with E-state index in [9.17, 15) is 0 Å². The minimum absolute atomic E-state index is 0.726. The van der Waals surface area contributed by atoms with E-state index in [1.807, 2.05) is 42.0 Å². The Balaban J connectivity index is 2.01. The summed E-state index contributed by atoms with van der Waals surface area (Å²) in [6.07, 6.45) is 5.53. The van der Waals surface area contributed by atoms with E-state index in [4.69, 9.17) is 11.6 Å². The van der Waals surface area contributed by atoms with Gasteiger partial charge >= 0.3 is 0 Å². The number of benzene rings is 1. The first-order valence-electron chi connectivity index (χ1n) is 5.03. The van der Waals surface area contributed by atoms with Gasteiger partial charge in [0.25, 0.3) is 0 Å². The molecule has 0 unspecified atom stereocenters. The number of hydrogen-bond donors (Lipinski definition) is 0. The zero-order valence-electron chi connectivity index (χ0n) is 8.75. The molecule has 0 atom stereocenters. The van der Waals surface area contributed by atoms with E-state index in [-0.39, 0.29) is 0 Å². The Kier molecular flexibility index (Phi) is 2.66. The van der Waals surface area contributed by atoms with Crippen molar-refractivity contribution in [2.45, 2.75) is 0 Å². The van der Waals surface area contributed by atoms with Crippen molar-refractivity contribution in [3.63, 3.8) is 0 Å². The third-order valence-corrected chi connectivity index (χ3v) is 3.35. The number of rotatable bonds is 2. The van der Waals surface area contributed by atoms with E-state index >= 15 is 0 Å². The lowest BCUT2D eigenvalue weighted by atomic mass is 10.1. The summed E-state index contributed by atoms with van der Waals surface area (Å²) in [5.41, 5.74) is 2.09. The molecule has 0 aliphatic heterocycles. The third-order valence-electron chi connectivity index (χ3n) is 2.36. The molecule has 0 saturated carbocycles. The molecule has 0 saturated heterocycles. The number of hydrogen-bond acceptors (Lipinski definition) is 3. The Bertz CT molecular complexity index is 631. The highest BCUT2D eigenvalue weighted by Gasteiger charge is 2.05. The topological polar surface area (TPSA) is 30.7 Å². The van der Waals surface area contributed by atoms with Gasteiger partial charge in [0.15, 0.2) is 0 Å². The molecule has 5 heteroatoms. The van der Waals surface area contributed by atoms with Crippen molar-refractivity contribution >= 4 is 22.9 Å². The maximum absolute atomic E-state index is 5.96. The van der Waals surface area contributed by atoms with Crippen LogP contribution in [0.5, 0.6) is 0 Å². The first-order chi connectivity index (χ1) is 8.33. The Labute approximate surface area is 107 Å². The van der Waals surface area contributed by atoms with Gasteiger partial charge < -0.3 is 0 Å². The van der Waals surface area contributed by atoms with Crippen molar-refractivity contribution in [3.05, 3.63) is 53.3 Å². The van der Waals surface area contributed by atoms with Crippen molar-refractivity contribution in [2.75, 3.05) is 0 Å². The van der Waals surface area contributed by atoms with E-state index in [0.29, 0.717) is 0 Å². The quantitative estimate of drug-likeness (QED) is 0.705. The normalized spacial score (nSPS) is 10.6. The zero-order chi connectivity index (χ0) is 11.7. The second kappa shape index (κ2) is 4.31. The number of nitrogens with zero attached hydrogens (tertiary/aromatic N) is 3. The smallest absolute Gasteiger partial charge is 0.210 e. The fourth-order valence-electron chi connectivity index (χ4n) is 1.57. The van der Waals surface area contributed by atoms with Crippen LogP contribution in [0.25, 0.3) is 16.3 Å². The summed E-state index contributed by atoms with van der Waals surface area (Å²) in [5.74, 6) is 0. The molecule has 0 N–H and O–H groups in total. The van der Waals surface area contributed by atoms with Crippen LogP contribution in [0.3, 0.4) is 0 Å². The molecular weight excluding hydrogens is 254 g/mol. The fourth-order valence-corrected chi connectivity index (χ4v) is 2.34. The molecule has 17 heavy (non-hydrogen) atoms. The van der Waals surface area contributed by atoms with Gasteiger partial charge in [-0.3, -0.25) is 0 Å². The van der Waals surface area contributed by atoms with Crippen molar-refractivity contribution in [3.8, 4) is 16.3 Å². The Morgan fingerprint density at radius 1 is 1.24 bits per heavy atom. The summed E-state index contributed by atoms with van der Waals surface area (Å²) >= 11 is 7.51. The molecule has 1 aromatic carbocycles. The molecule has 3 aromatic rings. The Morgan fingerprint density at radius 3 is 2.94 bits per heavy atom. The van der Waals surface area contributed by atoms with E-state index in [1.165, 1.54) is 0 Å². The second-order valence-electron chi connectivity index (χ2n) is 3.50. The van der Waals surface area contributed by atoms with Crippen molar-refractivity contribution < 1.29 is 0 Å². The van der Waals surface area contributed by atoms with Gasteiger partial charge in [-0.2, -0.15) is 5.10 Å². The highest BCUT2D eigenvalue weighted by atomic mass is 35.5. The first kappa shape index (κ1) is 10.5. The highest BCUT2D eigenvalue weighted by molar-refractivity contribution is 7.12. The standard InChI is InChI=1S/C12H8ClN3S/c13-11-3-1-2-9(6-11)10-7-15-16(8-10)12-14-4-5-17-12/h1-8H. The van der Waals surface area contributed by atoms with Crippen molar-refractivity contribution in [1.82, 2.24) is 14.8 Å². The van der Waals surface area contributed by atoms with Crippen LogP contribution in [-0.4, -0.2) is 14.8 Å². The van der Waals surface area contributed by atoms with Crippen LogP contribution in [-0.2, 0) is 0 Å². The van der Waals surface area contributed by atoms with Crippen LogP contribution in [0.4, 0.5) is 0 Å². The van der Waals surface area contributed by atoms with E-state index < -0.39 is 0 Å².